The molecule has 5 rings (SSSR count). The number of hydrogen-bond donors (Lipinski definition) is 1. The average molecular weight is 430 g/mol. The van der Waals surface area contributed by atoms with Crippen LogP contribution in [0.5, 0.6) is 5.75 Å². The zero-order valence-electron chi connectivity index (χ0n) is 17.2. The summed E-state index contributed by atoms with van der Waals surface area (Å²) in [6.45, 7) is 0.662. The Kier molecular flexibility index (Phi) is 4.82. The molecule has 8 heteroatoms. The quantitative estimate of drug-likeness (QED) is 0.540. The van der Waals surface area contributed by atoms with Crippen molar-refractivity contribution in [2.24, 2.45) is 0 Å². The van der Waals surface area contributed by atoms with E-state index in [2.05, 4.69) is 10.4 Å². The second-order valence-corrected chi connectivity index (χ2v) is 7.38. The van der Waals surface area contributed by atoms with Gasteiger partial charge in [-0.15, -0.1) is 0 Å². The lowest BCUT2D eigenvalue weighted by atomic mass is 10.0. The van der Waals surface area contributed by atoms with Gasteiger partial charge in [0, 0.05) is 36.0 Å². The molecule has 1 aliphatic heterocycles. The van der Waals surface area contributed by atoms with Gasteiger partial charge in [-0.25, -0.2) is 8.91 Å². The maximum atomic E-state index is 13.6. The number of benzene rings is 2. The second kappa shape index (κ2) is 7.81. The summed E-state index contributed by atoms with van der Waals surface area (Å²) in [6, 6.07) is 14.8. The number of carbonyl (C=O) groups is 2. The number of pyridine rings is 1. The van der Waals surface area contributed by atoms with Crippen LogP contribution in [0.3, 0.4) is 0 Å². The first kappa shape index (κ1) is 19.7. The highest BCUT2D eigenvalue weighted by Gasteiger charge is 2.25. The van der Waals surface area contributed by atoms with E-state index in [1.54, 1.807) is 59.2 Å². The lowest BCUT2D eigenvalue weighted by Crippen LogP contribution is -2.38. The van der Waals surface area contributed by atoms with Crippen LogP contribution in [-0.4, -0.2) is 41.6 Å². The first-order valence-electron chi connectivity index (χ1n) is 10.1. The molecular weight excluding hydrogens is 411 g/mol. The number of fused-ring (bicyclic) bond motifs is 2. The number of aromatic nitrogens is 2. The van der Waals surface area contributed by atoms with Crippen LogP contribution in [0.1, 0.15) is 20.7 Å². The van der Waals surface area contributed by atoms with Crippen LogP contribution in [0.25, 0.3) is 16.6 Å². The summed E-state index contributed by atoms with van der Waals surface area (Å²) in [5.74, 6) is -0.418. The smallest absolute Gasteiger partial charge is 0.258 e. The normalized spacial score (nSPS) is 12.9. The molecule has 2 amide bonds. The summed E-state index contributed by atoms with van der Waals surface area (Å²) < 4.78 is 20.8. The summed E-state index contributed by atoms with van der Waals surface area (Å²) >= 11 is 0. The van der Waals surface area contributed by atoms with E-state index in [9.17, 15) is 14.0 Å². The van der Waals surface area contributed by atoms with Crippen LogP contribution in [0.15, 0.2) is 67.0 Å². The van der Waals surface area contributed by atoms with Crippen molar-refractivity contribution in [1.82, 2.24) is 14.9 Å². The van der Waals surface area contributed by atoms with Gasteiger partial charge in [0.2, 0.25) is 0 Å². The summed E-state index contributed by atoms with van der Waals surface area (Å²) in [5.41, 5.74) is 4.07. The number of nitrogens with zero attached hydrogens (tertiary/aromatic N) is 3. The predicted molar refractivity (Wildman–Crippen MR) is 118 cm³/mol. The molecule has 0 saturated carbocycles. The first-order chi connectivity index (χ1) is 15.5. The first-order valence-corrected chi connectivity index (χ1v) is 10.1. The van der Waals surface area contributed by atoms with Gasteiger partial charge in [0.15, 0.2) is 0 Å². The molecule has 2 aromatic heterocycles. The van der Waals surface area contributed by atoms with E-state index in [-0.39, 0.29) is 11.8 Å². The van der Waals surface area contributed by atoms with E-state index in [1.807, 2.05) is 12.1 Å². The molecule has 0 radical (unpaired) electrons. The Balaban J connectivity index is 1.51. The summed E-state index contributed by atoms with van der Waals surface area (Å²) in [6.07, 6.45) is 3.46. The lowest BCUT2D eigenvalue weighted by Gasteiger charge is -2.29. The van der Waals surface area contributed by atoms with E-state index < -0.39 is 5.82 Å². The molecule has 2 aromatic carbocycles. The third kappa shape index (κ3) is 3.35. The Bertz CT molecular complexity index is 1350. The van der Waals surface area contributed by atoms with Crippen molar-refractivity contribution >= 4 is 23.0 Å². The van der Waals surface area contributed by atoms with Gasteiger partial charge in [0.25, 0.3) is 11.8 Å². The Morgan fingerprint density at radius 1 is 1.06 bits per heavy atom. The third-order valence-electron chi connectivity index (χ3n) is 5.48. The number of anilines is 1. The van der Waals surface area contributed by atoms with Gasteiger partial charge in [0.05, 0.1) is 23.9 Å². The van der Waals surface area contributed by atoms with Crippen molar-refractivity contribution in [3.63, 3.8) is 0 Å². The van der Waals surface area contributed by atoms with Crippen LogP contribution in [0, 0.1) is 5.82 Å². The molecule has 0 unspecified atom stereocenters. The molecule has 3 heterocycles. The summed E-state index contributed by atoms with van der Waals surface area (Å²) in [7, 11) is 1.59. The fraction of sp³-hybridized carbons (Fsp3) is 0.125. The fourth-order valence-corrected chi connectivity index (χ4v) is 3.84. The van der Waals surface area contributed by atoms with Crippen molar-refractivity contribution in [2.75, 3.05) is 25.1 Å². The van der Waals surface area contributed by atoms with Crippen molar-refractivity contribution < 1.29 is 18.7 Å². The van der Waals surface area contributed by atoms with Crippen LogP contribution in [-0.2, 0) is 0 Å². The molecular formula is C24H19FN4O3. The number of nitrogens with one attached hydrogen (secondary N) is 1. The van der Waals surface area contributed by atoms with Gasteiger partial charge in [-0.3, -0.25) is 9.59 Å². The van der Waals surface area contributed by atoms with Gasteiger partial charge < -0.3 is 15.0 Å². The van der Waals surface area contributed by atoms with E-state index in [1.165, 1.54) is 12.1 Å². The molecule has 0 spiro atoms. The fourth-order valence-electron chi connectivity index (χ4n) is 3.84. The van der Waals surface area contributed by atoms with Gasteiger partial charge in [-0.05, 0) is 42.0 Å². The number of ether oxygens (including phenoxy) is 1. The SMILES string of the molecule is CNC(=O)c1ccc(-c2cnn3ccc(C(=O)N4CCOc5cc(F)ccc54)cc23)cc1. The standard InChI is InChI=1S/C24H19FN4O3/c1-26-23(30)16-4-2-15(3-5-16)19-14-27-29-9-8-17(12-21(19)29)24(31)28-10-11-32-22-13-18(25)6-7-20(22)28/h2-9,12-14H,10-11H2,1H3,(H,26,30). The Morgan fingerprint density at radius 3 is 2.66 bits per heavy atom. The summed E-state index contributed by atoms with van der Waals surface area (Å²) in [4.78, 5) is 26.7. The van der Waals surface area contributed by atoms with Crippen molar-refractivity contribution in [3.8, 4) is 16.9 Å². The Morgan fingerprint density at radius 2 is 1.88 bits per heavy atom. The maximum absolute atomic E-state index is 13.6. The highest BCUT2D eigenvalue weighted by molar-refractivity contribution is 6.08. The number of halogens is 1. The zero-order valence-corrected chi connectivity index (χ0v) is 17.2. The van der Waals surface area contributed by atoms with Crippen LogP contribution >= 0.6 is 0 Å². The maximum Gasteiger partial charge on any atom is 0.258 e. The summed E-state index contributed by atoms with van der Waals surface area (Å²) in [5, 5.41) is 6.98. The van der Waals surface area contributed by atoms with Crippen molar-refractivity contribution in [2.45, 2.75) is 0 Å². The average Bonchev–Trinajstić information content (AvgIpc) is 3.26. The van der Waals surface area contributed by atoms with E-state index in [0.29, 0.717) is 35.7 Å². The Hall–Kier alpha value is -4.20. The predicted octanol–water partition coefficient (Wildman–Crippen LogP) is 3.54. The molecule has 0 saturated heterocycles. The van der Waals surface area contributed by atoms with Gasteiger partial charge in [-0.1, -0.05) is 12.1 Å². The third-order valence-corrected chi connectivity index (χ3v) is 5.48. The molecule has 7 nitrogen and oxygen atoms in total. The molecule has 4 aromatic rings. The molecule has 1 N–H and O–H groups in total. The number of hydrogen-bond acceptors (Lipinski definition) is 4. The van der Waals surface area contributed by atoms with E-state index in [4.69, 9.17) is 4.74 Å². The monoisotopic (exact) mass is 430 g/mol. The van der Waals surface area contributed by atoms with E-state index in [0.717, 1.165) is 16.6 Å². The molecule has 0 aliphatic carbocycles. The van der Waals surface area contributed by atoms with Crippen molar-refractivity contribution in [3.05, 3.63) is 83.9 Å². The topological polar surface area (TPSA) is 75.9 Å². The molecule has 0 bridgehead atoms. The molecule has 0 atom stereocenters. The minimum absolute atomic E-state index is 0.157. The van der Waals surface area contributed by atoms with Gasteiger partial charge in [0.1, 0.15) is 18.2 Å². The molecule has 160 valence electrons. The van der Waals surface area contributed by atoms with E-state index >= 15 is 0 Å². The van der Waals surface area contributed by atoms with Gasteiger partial charge in [-0.2, -0.15) is 5.10 Å². The molecule has 32 heavy (non-hydrogen) atoms. The number of amides is 2. The highest BCUT2D eigenvalue weighted by atomic mass is 19.1. The largest absolute Gasteiger partial charge is 0.489 e. The lowest BCUT2D eigenvalue weighted by molar-refractivity contribution is 0.0959. The second-order valence-electron chi connectivity index (χ2n) is 7.38. The minimum Gasteiger partial charge on any atom is -0.489 e. The molecule has 1 aliphatic rings. The molecule has 0 fully saturated rings. The van der Waals surface area contributed by atoms with Crippen molar-refractivity contribution in [1.29, 1.82) is 0 Å². The van der Waals surface area contributed by atoms with Crippen LogP contribution < -0.4 is 15.0 Å². The highest BCUT2D eigenvalue weighted by Crippen LogP contribution is 2.33. The Labute approximate surface area is 183 Å². The number of rotatable bonds is 3. The van der Waals surface area contributed by atoms with Crippen LogP contribution in [0.4, 0.5) is 10.1 Å². The van der Waals surface area contributed by atoms with Crippen LogP contribution in [0.2, 0.25) is 0 Å². The van der Waals surface area contributed by atoms with Gasteiger partial charge >= 0.3 is 0 Å². The minimum atomic E-state index is -0.411. The zero-order chi connectivity index (χ0) is 22.2. The number of carbonyl (C=O) groups excluding carboxylic acids is 2.